The van der Waals surface area contributed by atoms with E-state index in [-0.39, 0.29) is 5.84 Å². The van der Waals surface area contributed by atoms with Gasteiger partial charge >= 0.3 is 0 Å². The number of hydrogen-bond acceptors (Lipinski definition) is 5. The van der Waals surface area contributed by atoms with Crippen molar-refractivity contribution in [2.45, 2.75) is 22.6 Å². The predicted molar refractivity (Wildman–Crippen MR) is 78.6 cm³/mol. The van der Waals surface area contributed by atoms with Crippen molar-refractivity contribution in [2.24, 2.45) is 5.73 Å². The lowest BCUT2D eigenvalue weighted by Crippen LogP contribution is -2.13. The fraction of sp³-hybridized carbons (Fsp3) is 0.182. The van der Waals surface area contributed by atoms with Crippen molar-refractivity contribution < 1.29 is 0 Å². The summed E-state index contributed by atoms with van der Waals surface area (Å²) < 4.78 is 5.93. The van der Waals surface area contributed by atoms with Crippen LogP contribution in [0.2, 0.25) is 0 Å². The van der Waals surface area contributed by atoms with E-state index in [0.29, 0.717) is 5.56 Å². The zero-order valence-corrected chi connectivity index (χ0v) is 12.8. The Morgan fingerprint density at radius 3 is 2.94 bits per heavy atom. The van der Waals surface area contributed by atoms with Gasteiger partial charge in [-0.1, -0.05) is 24.8 Å². The minimum Gasteiger partial charge on any atom is -0.384 e. The van der Waals surface area contributed by atoms with Gasteiger partial charge in [-0.2, -0.15) is 4.37 Å². The molecule has 0 spiro atoms. The van der Waals surface area contributed by atoms with Gasteiger partial charge in [-0.05, 0) is 39.6 Å². The molecule has 18 heavy (non-hydrogen) atoms. The van der Waals surface area contributed by atoms with Crippen molar-refractivity contribution in [3.63, 3.8) is 0 Å². The molecule has 1 aromatic carbocycles. The molecule has 1 heterocycles. The maximum absolute atomic E-state index is 7.63. The molecular formula is C11H11BrN4S2. The summed E-state index contributed by atoms with van der Waals surface area (Å²) in [5.41, 5.74) is 6.31. The van der Waals surface area contributed by atoms with Crippen molar-refractivity contribution in [1.82, 2.24) is 9.36 Å². The molecule has 94 valence electrons. The number of halogens is 1. The molecule has 4 nitrogen and oxygen atoms in total. The molecule has 2 rings (SSSR count). The number of nitrogens with one attached hydrogen (secondary N) is 1. The average Bonchev–Trinajstić information content (AvgIpc) is 2.76. The molecule has 0 unspecified atom stereocenters. The molecule has 0 atom stereocenters. The van der Waals surface area contributed by atoms with E-state index >= 15 is 0 Å². The number of nitrogens with two attached hydrogens (primary N) is 1. The van der Waals surface area contributed by atoms with Gasteiger partial charge in [-0.25, -0.2) is 4.98 Å². The summed E-state index contributed by atoms with van der Waals surface area (Å²) >= 11 is 6.27. The largest absolute Gasteiger partial charge is 0.384 e. The third-order valence-corrected chi connectivity index (χ3v) is 4.72. The minimum atomic E-state index is 0.0465. The summed E-state index contributed by atoms with van der Waals surface area (Å²) in [6, 6.07) is 5.72. The van der Waals surface area contributed by atoms with Gasteiger partial charge in [-0.3, -0.25) is 5.41 Å². The second-order valence-corrected chi connectivity index (χ2v) is 6.35. The SMILES string of the molecule is CCc1nsc(Sc2cccc(Br)c2C(=N)N)n1. The Balaban J connectivity index is 2.34. The minimum absolute atomic E-state index is 0.0465. The first-order valence-corrected chi connectivity index (χ1v) is 7.63. The second-order valence-electron chi connectivity index (χ2n) is 3.46. The van der Waals surface area contributed by atoms with E-state index in [1.807, 2.05) is 25.1 Å². The smallest absolute Gasteiger partial charge is 0.174 e. The third kappa shape index (κ3) is 2.90. The topological polar surface area (TPSA) is 75.7 Å². The van der Waals surface area contributed by atoms with Crippen LogP contribution in [0.4, 0.5) is 0 Å². The van der Waals surface area contributed by atoms with Gasteiger partial charge in [0, 0.05) is 21.4 Å². The van der Waals surface area contributed by atoms with Gasteiger partial charge in [0.15, 0.2) is 4.34 Å². The summed E-state index contributed by atoms with van der Waals surface area (Å²) in [7, 11) is 0. The lowest BCUT2D eigenvalue weighted by Gasteiger charge is -2.07. The first-order chi connectivity index (χ1) is 8.61. The fourth-order valence-electron chi connectivity index (χ4n) is 1.37. The normalized spacial score (nSPS) is 10.6. The first-order valence-electron chi connectivity index (χ1n) is 5.25. The van der Waals surface area contributed by atoms with Gasteiger partial charge < -0.3 is 5.73 Å². The lowest BCUT2D eigenvalue weighted by molar-refractivity contribution is 0.971. The Bertz CT molecular complexity index is 582. The van der Waals surface area contributed by atoms with E-state index in [1.54, 1.807) is 0 Å². The number of rotatable bonds is 4. The van der Waals surface area contributed by atoms with Crippen molar-refractivity contribution >= 4 is 45.1 Å². The highest BCUT2D eigenvalue weighted by atomic mass is 79.9. The molecule has 0 saturated heterocycles. The van der Waals surface area contributed by atoms with E-state index < -0.39 is 0 Å². The highest BCUT2D eigenvalue weighted by molar-refractivity contribution is 9.10. The number of aromatic nitrogens is 2. The van der Waals surface area contributed by atoms with Crippen LogP contribution in [0.3, 0.4) is 0 Å². The summed E-state index contributed by atoms with van der Waals surface area (Å²) in [5, 5.41) is 7.63. The second kappa shape index (κ2) is 5.81. The zero-order chi connectivity index (χ0) is 13.1. The molecule has 0 aliphatic carbocycles. The molecular weight excluding hydrogens is 332 g/mol. The maximum Gasteiger partial charge on any atom is 0.174 e. The van der Waals surface area contributed by atoms with Crippen molar-refractivity contribution in [3.05, 3.63) is 34.1 Å². The molecule has 0 aliphatic rings. The first kappa shape index (κ1) is 13.5. The zero-order valence-electron chi connectivity index (χ0n) is 9.61. The van der Waals surface area contributed by atoms with Crippen LogP contribution in [0.25, 0.3) is 0 Å². The fourth-order valence-corrected chi connectivity index (χ4v) is 3.92. The van der Waals surface area contributed by atoms with Gasteiger partial charge in [0.1, 0.15) is 11.7 Å². The highest BCUT2D eigenvalue weighted by Crippen LogP contribution is 2.34. The van der Waals surface area contributed by atoms with Crippen LogP contribution in [-0.4, -0.2) is 15.2 Å². The molecule has 0 bridgehead atoms. The van der Waals surface area contributed by atoms with Crippen LogP contribution in [0.5, 0.6) is 0 Å². The van der Waals surface area contributed by atoms with Gasteiger partial charge in [-0.15, -0.1) is 0 Å². The van der Waals surface area contributed by atoms with E-state index in [0.717, 1.165) is 26.0 Å². The van der Waals surface area contributed by atoms with Crippen LogP contribution >= 0.6 is 39.2 Å². The number of hydrogen-bond donors (Lipinski definition) is 2. The maximum atomic E-state index is 7.63. The van der Waals surface area contributed by atoms with Crippen LogP contribution in [0.15, 0.2) is 31.9 Å². The number of aryl methyl sites for hydroxylation is 1. The number of nitrogen functional groups attached to an aromatic ring is 1. The van der Waals surface area contributed by atoms with E-state index in [4.69, 9.17) is 11.1 Å². The third-order valence-electron chi connectivity index (χ3n) is 2.21. The molecule has 0 aliphatic heterocycles. The van der Waals surface area contributed by atoms with Gasteiger partial charge in [0.25, 0.3) is 0 Å². The van der Waals surface area contributed by atoms with Crippen molar-refractivity contribution in [3.8, 4) is 0 Å². The van der Waals surface area contributed by atoms with Gasteiger partial charge in [0.05, 0.1) is 0 Å². The average molecular weight is 343 g/mol. The monoisotopic (exact) mass is 342 g/mol. The lowest BCUT2D eigenvalue weighted by atomic mass is 10.2. The molecule has 2 aromatic rings. The number of benzene rings is 1. The van der Waals surface area contributed by atoms with Gasteiger partial charge in [0.2, 0.25) is 0 Å². The summed E-state index contributed by atoms with van der Waals surface area (Å²) in [5.74, 6) is 0.895. The molecule has 3 N–H and O–H groups in total. The molecule has 0 radical (unpaired) electrons. The molecule has 1 aromatic heterocycles. The Kier molecular flexibility index (Phi) is 4.36. The Hall–Kier alpha value is -0.920. The molecule has 0 saturated carbocycles. The predicted octanol–water partition coefficient (Wildman–Crippen LogP) is 3.30. The Labute approximate surface area is 122 Å². The Morgan fingerprint density at radius 2 is 2.33 bits per heavy atom. The quantitative estimate of drug-likeness (QED) is 0.660. The summed E-state index contributed by atoms with van der Waals surface area (Å²) in [6.45, 7) is 2.02. The molecule has 0 fully saturated rings. The summed E-state index contributed by atoms with van der Waals surface area (Å²) in [6.07, 6.45) is 0.828. The standard InChI is InChI=1S/C11H11BrN4S2/c1-2-8-15-11(18-16-8)17-7-5-3-4-6(12)9(7)10(13)14/h3-5H,2H2,1H3,(H3,13,14). The number of nitrogens with zero attached hydrogens (tertiary/aromatic N) is 2. The van der Waals surface area contributed by atoms with Crippen molar-refractivity contribution in [2.75, 3.05) is 0 Å². The molecule has 0 amide bonds. The van der Waals surface area contributed by atoms with Crippen LogP contribution in [0, 0.1) is 5.41 Å². The number of amidine groups is 1. The van der Waals surface area contributed by atoms with Crippen molar-refractivity contribution in [1.29, 1.82) is 5.41 Å². The van der Waals surface area contributed by atoms with E-state index in [1.165, 1.54) is 23.3 Å². The molecule has 7 heteroatoms. The van der Waals surface area contributed by atoms with Crippen LogP contribution < -0.4 is 5.73 Å². The highest BCUT2D eigenvalue weighted by Gasteiger charge is 2.13. The van der Waals surface area contributed by atoms with E-state index in [2.05, 4.69) is 25.3 Å². The summed E-state index contributed by atoms with van der Waals surface area (Å²) in [4.78, 5) is 5.31. The van der Waals surface area contributed by atoms with Crippen LogP contribution in [0.1, 0.15) is 18.3 Å². The van der Waals surface area contributed by atoms with Crippen LogP contribution in [-0.2, 0) is 6.42 Å². The van der Waals surface area contributed by atoms with E-state index in [9.17, 15) is 0 Å². The Morgan fingerprint density at radius 1 is 1.56 bits per heavy atom.